The van der Waals surface area contributed by atoms with Crippen molar-refractivity contribution in [2.75, 3.05) is 33.7 Å². The molecule has 0 aliphatic rings. The van der Waals surface area contributed by atoms with Gasteiger partial charge in [0, 0.05) is 6.42 Å². The van der Waals surface area contributed by atoms with Crippen LogP contribution in [0.1, 0.15) is 19.8 Å². The van der Waals surface area contributed by atoms with E-state index in [1.54, 1.807) is 35.8 Å². The number of fused-ring (bicyclic) bond motifs is 1. The molecule has 1 aromatic heterocycles. The van der Waals surface area contributed by atoms with E-state index in [2.05, 4.69) is 4.99 Å². The quantitative estimate of drug-likeness (QED) is 0.343. The number of rotatable bonds is 11. The molecular formula is C24H28N2O8S2. The minimum absolute atomic E-state index is 0.0860. The third-order valence-electron chi connectivity index (χ3n) is 5.23. The molecule has 1 amide bonds. The van der Waals surface area contributed by atoms with E-state index in [0.29, 0.717) is 27.5 Å². The van der Waals surface area contributed by atoms with Gasteiger partial charge in [-0.25, -0.2) is 8.42 Å². The van der Waals surface area contributed by atoms with Crippen molar-refractivity contribution in [3.8, 4) is 17.2 Å². The number of amides is 1. The molecule has 0 saturated carbocycles. The number of hydrogen-bond donors (Lipinski definition) is 0. The Labute approximate surface area is 213 Å². The number of benzene rings is 2. The molecule has 1 heterocycles. The number of nitrogens with zero attached hydrogens (tertiary/aromatic N) is 2. The molecule has 3 aromatic rings. The van der Waals surface area contributed by atoms with E-state index < -0.39 is 21.7 Å². The topological polar surface area (TPSA) is 122 Å². The van der Waals surface area contributed by atoms with Gasteiger partial charge in [-0.05, 0) is 49.7 Å². The summed E-state index contributed by atoms with van der Waals surface area (Å²) in [5.41, 5.74) is 0.545. The van der Waals surface area contributed by atoms with Gasteiger partial charge in [-0.2, -0.15) is 4.99 Å². The van der Waals surface area contributed by atoms with Crippen LogP contribution in [0.2, 0.25) is 0 Å². The average Bonchev–Trinajstić information content (AvgIpc) is 3.21. The van der Waals surface area contributed by atoms with Crippen molar-refractivity contribution in [2.24, 2.45) is 4.99 Å². The van der Waals surface area contributed by atoms with Crippen molar-refractivity contribution in [1.82, 2.24) is 4.57 Å². The highest BCUT2D eigenvalue weighted by Gasteiger charge is 2.19. The number of esters is 1. The largest absolute Gasteiger partial charge is 0.497 e. The second-order valence-electron chi connectivity index (χ2n) is 7.53. The fourth-order valence-electron chi connectivity index (χ4n) is 3.50. The predicted octanol–water partition coefficient (Wildman–Crippen LogP) is 2.97. The monoisotopic (exact) mass is 536 g/mol. The highest BCUT2D eigenvalue weighted by atomic mass is 32.2. The van der Waals surface area contributed by atoms with Gasteiger partial charge in [-0.15, -0.1) is 0 Å². The lowest BCUT2D eigenvalue weighted by molar-refractivity contribution is -0.143. The zero-order valence-electron chi connectivity index (χ0n) is 20.5. The van der Waals surface area contributed by atoms with Gasteiger partial charge in [0.2, 0.25) is 5.91 Å². The first-order valence-electron chi connectivity index (χ1n) is 11.1. The van der Waals surface area contributed by atoms with Crippen molar-refractivity contribution in [3.63, 3.8) is 0 Å². The highest BCUT2D eigenvalue weighted by molar-refractivity contribution is 7.91. The summed E-state index contributed by atoms with van der Waals surface area (Å²) in [6.07, 6.45) is 0.00339. The summed E-state index contributed by atoms with van der Waals surface area (Å²) in [6.45, 7) is 1.72. The van der Waals surface area contributed by atoms with Crippen molar-refractivity contribution < 1.29 is 37.0 Å². The molecule has 0 radical (unpaired) electrons. The fourth-order valence-corrected chi connectivity index (χ4v) is 5.97. The molecule has 0 bridgehead atoms. The Morgan fingerprint density at radius 3 is 2.25 bits per heavy atom. The molecule has 0 N–H and O–H groups in total. The SMILES string of the molecule is CCOC(=O)Cn1c(=NC(=O)CCCS(=O)(=O)c2ccc(OC)cc2)sc2c(OC)ccc(OC)c21. The zero-order valence-corrected chi connectivity index (χ0v) is 22.1. The van der Waals surface area contributed by atoms with Gasteiger partial charge >= 0.3 is 5.97 Å². The molecule has 0 fully saturated rings. The summed E-state index contributed by atoms with van der Waals surface area (Å²) in [5.74, 6) is 0.343. The molecule has 2 aromatic carbocycles. The number of methoxy groups -OCH3 is 3. The molecule has 0 aliphatic carbocycles. The summed E-state index contributed by atoms with van der Waals surface area (Å²) < 4.78 is 48.4. The average molecular weight is 537 g/mol. The minimum Gasteiger partial charge on any atom is -0.497 e. The molecule has 0 unspecified atom stereocenters. The smallest absolute Gasteiger partial charge is 0.326 e. The van der Waals surface area contributed by atoms with E-state index in [1.165, 1.54) is 33.5 Å². The van der Waals surface area contributed by atoms with E-state index in [1.807, 2.05) is 0 Å². The number of ether oxygens (including phenoxy) is 4. The van der Waals surface area contributed by atoms with Gasteiger partial charge in [-0.1, -0.05) is 11.3 Å². The van der Waals surface area contributed by atoms with Gasteiger partial charge in [-0.3, -0.25) is 9.59 Å². The Morgan fingerprint density at radius 1 is 0.972 bits per heavy atom. The number of carbonyl (C=O) groups is 2. The number of thiazole rings is 1. The maximum atomic E-state index is 12.7. The van der Waals surface area contributed by atoms with E-state index in [4.69, 9.17) is 18.9 Å². The van der Waals surface area contributed by atoms with Crippen LogP contribution in [0.4, 0.5) is 0 Å². The normalized spacial score (nSPS) is 11.9. The molecule has 0 aliphatic heterocycles. The molecule has 0 spiro atoms. The fraction of sp³-hybridized carbons (Fsp3) is 0.375. The highest BCUT2D eigenvalue weighted by Crippen LogP contribution is 2.35. The first-order valence-corrected chi connectivity index (χ1v) is 13.5. The van der Waals surface area contributed by atoms with Crippen LogP contribution in [-0.4, -0.2) is 58.6 Å². The Kier molecular flexibility index (Phi) is 9.10. The van der Waals surface area contributed by atoms with Crippen molar-refractivity contribution in [1.29, 1.82) is 0 Å². The summed E-state index contributed by atoms with van der Waals surface area (Å²) in [7, 11) is 0.943. The van der Waals surface area contributed by atoms with E-state index in [-0.39, 0.29) is 41.4 Å². The molecule has 12 heteroatoms. The molecular weight excluding hydrogens is 508 g/mol. The van der Waals surface area contributed by atoms with Crippen molar-refractivity contribution in [2.45, 2.75) is 31.2 Å². The molecule has 10 nitrogen and oxygen atoms in total. The van der Waals surface area contributed by atoms with E-state index in [9.17, 15) is 18.0 Å². The van der Waals surface area contributed by atoms with Gasteiger partial charge < -0.3 is 23.5 Å². The molecule has 36 heavy (non-hydrogen) atoms. The summed E-state index contributed by atoms with van der Waals surface area (Å²) in [5, 5.41) is 0. The third kappa shape index (κ3) is 6.24. The lowest BCUT2D eigenvalue weighted by Crippen LogP contribution is -2.23. The Bertz CT molecular complexity index is 1410. The summed E-state index contributed by atoms with van der Waals surface area (Å²) in [4.78, 5) is 29.6. The predicted molar refractivity (Wildman–Crippen MR) is 134 cm³/mol. The lowest BCUT2D eigenvalue weighted by atomic mass is 10.3. The van der Waals surface area contributed by atoms with E-state index in [0.717, 1.165) is 11.3 Å². The maximum absolute atomic E-state index is 12.7. The van der Waals surface area contributed by atoms with Crippen molar-refractivity contribution in [3.05, 3.63) is 41.2 Å². The Morgan fingerprint density at radius 2 is 1.64 bits per heavy atom. The number of aromatic nitrogens is 1. The van der Waals surface area contributed by atoms with Gasteiger partial charge in [0.15, 0.2) is 14.6 Å². The number of hydrogen-bond acceptors (Lipinski definition) is 9. The first kappa shape index (κ1) is 27.2. The second-order valence-corrected chi connectivity index (χ2v) is 10.6. The maximum Gasteiger partial charge on any atom is 0.326 e. The Hall–Kier alpha value is -3.38. The van der Waals surface area contributed by atoms with Crippen molar-refractivity contribution >= 4 is 43.3 Å². The van der Waals surface area contributed by atoms with Gasteiger partial charge in [0.1, 0.15) is 34.0 Å². The number of sulfone groups is 1. The molecule has 194 valence electrons. The van der Waals surface area contributed by atoms with E-state index >= 15 is 0 Å². The molecule has 3 rings (SSSR count). The van der Waals surface area contributed by atoms with Crippen LogP contribution in [0.25, 0.3) is 10.2 Å². The summed E-state index contributed by atoms with van der Waals surface area (Å²) >= 11 is 1.16. The Balaban J connectivity index is 1.87. The number of carbonyl (C=O) groups excluding carboxylic acids is 2. The molecule has 0 atom stereocenters. The van der Waals surface area contributed by atoms with Crippen LogP contribution < -0.4 is 19.0 Å². The first-order chi connectivity index (χ1) is 17.2. The van der Waals surface area contributed by atoms with Crippen LogP contribution in [0.3, 0.4) is 0 Å². The van der Waals surface area contributed by atoms with Crippen LogP contribution >= 0.6 is 11.3 Å². The van der Waals surface area contributed by atoms with Crippen LogP contribution in [0, 0.1) is 0 Å². The van der Waals surface area contributed by atoms with Gasteiger partial charge in [0.05, 0.1) is 38.6 Å². The second kappa shape index (κ2) is 12.0. The lowest BCUT2D eigenvalue weighted by Gasteiger charge is -2.10. The van der Waals surface area contributed by atoms with Crippen LogP contribution in [-0.2, 0) is 30.7 Å². The summed E-state index contributed by atoms with van der Waals surface area (Å²) in [6, 6.07) is 9.50. The van der Waals surface area contributed by atoms with Gasteiger partial charge in [0.25, 0.3) is 0 Å². The van der Waals surface area contributed by atoms with Crippen LogP contribution in [0.5, 0.6) is 17.2 Å². The third-order valence-corrected chi connectivity index (χ3v) is 8.14. The van der Waals surface area contributed by atoms with Crippen LogP contribution in [0.15, 0.2) is 46.3 Å². The zero-order chi connectivity index (χ0) is 26.3. The minimum atomic E-state index is -3.57. The molecule has 0 saturated heterocycles. The standard InChI is InChI=1S/C24H28N2O8S2/c1-5-34-21(28)15-26-22-18(32-3)12-13-19(33-4)23(22)35-24(26)25-20(27)7-6-14-36(29,30)17-10-8-16(31-2)9-11-17/h8-13H,5-7,14-15H2,1-4H3.